The quantitative estimate of drug-likeness (QED) is 0.516. The Bertz CT molecular complexity index is 535. The molecule has 1 atom stereocenters. The van der Waals surface area contributed by atoms with Crippen molar-refractivity contribution in [2.45, 2.75) is 51.6 Å². The number of hydrogen-bond donors (Lipinski definition) is 2. The van der Waals surface area contributed by atoms with Gasteiger partial charge in [0, 0.05) is 31.7 Å². The van der Waals surface area contributed by atoms with Crippen molar-refractivity contribution in [1.82, 2.24) is 20.4 Å². The molecule has 2 N–H and O–H groups in total. The van der Waals surface area contributed by atoms with Crippen LogP contribution in [-0.4, -0.2) is 74.7 Å². The normalized spacial score (nSPS) is 17.9. The molecule has 152 valence electrons. The Kier molecular flexibility index (Phi) is 9.64. The zero-order chi connectivity index (χ0) is 19.5. The van der Waals surface area contributed by atoms with Crippen LogP contribution in [0.1, 0.15) is 38.7 Å². The molecule has 0 spiro atoms. The summed E-state index contributed by atoms with van der Waals surface area (Å²) in [5.74, 6) is 0.964. The molecule has 1 aliphatic heterocycles. The summed E-state index contributed by atoms with van der Waals surface area (Å²) in [7, 11) is 4.29. The van der Waals surface area contributed by atoms with Gasteiger partial charge in [0.05, 0.1) is 6.54 Å². The van der Waals surface area contributed by atoms with Gasteiger partial charge in [-0.15, -0.1) is 0 Å². The van der Waals surface area contributed by atoms with E-state index in [-0.39, 0.29) is 0 Å². The maximum absolute atomic E-state index is 4.92. The summed E-state index contributed by atoms with van der Waals surface area (Å²) in [5.41, 5.74) is 1.37. The summed E-state index contributed by atoms with van der Waals surface area (Å²) >= 11 is 0. The fourth-order valence-corrected chi connectivity index (χ4v) is 3.62. The zero-order valence-corrected chi connectivity index (χ0v) is 17.7. The molecule has 2 rings (SSSR count). The Morgan fingerprint density at radius 1 is 1.19 bits per heavy atom. The summed E-state index contributed by atoms with van der Waals surface area (Å²) in [5, 5.41) is 7.10. The summed E-state index contributed by atoms with van der Waals surface area (Å²) in [4.78, 5) is 9.77. The fourth-order valence-electron chi connectivity index (χ4n) is 3.62. The van der Waals surface area contributed by atoms with E-state index in [0.29, 0.717) is 12.1 Å². The predicted octanol–water partition coefficient (Wildman–Crippen LogP) is 2.59. The van der Waals surface area contributed by atoms with Crippen LogP contribution in [0.5, 0.6) is 0 Å². The average molecular weight is 374 g/mol. The number of aliphatic imine (C=N–C) groups is 1. The Labute approximate surface area is 166 Å². The number of likely N-dealkylation sites (tertiary alicyclic amines) is 1. The highest BCUT2D eigenvalue weighted by Crippen LogP contribution is 2.11. The van der Waals surface area contributed by atoms with E-state index < -0.39 is 0 Å². The second-order valence-corrected chi connectivity index (χ2v) is 7.79. The van der Waals surface area contributed by atoms with E-state index in [9.17, 15) is 0 Å². The average Bonchev–Trinajstić information content (AvgIpc) is 2.67. The highest BCUT2D eigenvalue weighted by molar-refractivity contribution is 5.80. The van der Waals surface area contributed by atoms with Gasteiger partial charge in [-0.2, -0.15) is 0 Å². The summed E-state index contributed by atoms with van der Waals surface area (Å²) in [6, 6.07) is 11.6. The molecule has 1 aliphatic rings. The molecule has 0 aromatic heterocycles. The van der Waals surface area contributed by atoms with Crippen molar-refractivity contribution < 1.29 is 0 Å². The predicted molar refractivity (Wildman–Crippen MR) is 116 cm³/mol. The molecular weight excluding hydrogens is 334 g/mol. The smallest absolute Gasteiger partial charge is 0.191 e. The van der Waals surface area contributed by atoms with E-state index in [0.717, 1.165) is 25.5 Å². The van der Waals surface area contributed by atoms with Crippen molar-refractivity contribution in [3.05, 3.63) is 35.9 Å². The van der Waals surface area contributed by atoms with Gasteiger partial charge in [0.15, 0.2) is 5.96 Å². The van der Waals surface area contributed by atoms with Gasteiger partial charge in [-0.3, -0.25) is 4.99 Å². The minimum absolute atomic E-state index is 0.397. The van der Waals surface area contributed by atoms with E-state index in [4.69, 9.17) is 4.99 Å². The van der Waals surface area contributed by atoms with Crippen molar-refractivity contribution in [2.24, 2.45) is 4.99 Å². The SMILES string of the molecule is CCCN1CCC(NC(=NCC(Cc2ccccc2)N(C)C)NCC)CC1. The Balaban J connectivity index is 1.90. The second kappa shape index (κ2) is 12.0. The third kappa shape index (κ3) is 7.89. The molecule has 0 radical (unpaired) electrons. The molecule has 1 saturated heterocycles. The van der Waals surface area contributed by atoms with Crippen LogP contribution in [0, 0.1) is 0 Å². The van der Waals surface area contributed by atoms with Gasteiger partial charge in [-0.25, -0.2) is 0 Å². The summed E-state index contributed by atoms with van der Waals surface area (Å²) in [6.45, 7) is 9.70. The number of likely N-dealkylation sites (N-methyl/N-ethyl adjacent to an activating group) is 1. The lowest BCUT2D eigenvalue weighted by atomic mass is 10.0. The minimum Gasteiger partial charge on any atom is -0.357 e. The lowest BCUT2D eigenvalue weighted by molar-refractivity contribution is 0.206. The van der Waals surface area contributed by atoms with Gasteiger partial charge >= 0.3 is 0 Å². The highest BCUT2D eigenvalue weighted by atomic mass is 15.2. The van der Waals surface area contributed by atoms with Crippen LogP contribution in [0.4, 0.5) is 0 Å². The van der Waals surface area contributed by atoms with Gasteiger partial charge in [0.25, 0.3) is 0 Å². The molecule has 0 aliphatic carbocycles. The van der Waals surface area contributed by atoms with Crippen molar-refractivity contribution in [1.29, 1.82) is 0 Å². The van der Waals surface area contributed by atoms with Gasteiger partial charge in [-0.1, -0.05) is 37.3 Å². The largest absolute Gasteiger partial charge is 0.357 e. The van der Waals surface area contributed by atoms with E-state index in [1.54, 1.807) is 0 Å². The van der Waals surface area contributed by atoms with Gasteiger partial charge < -0.3 is 20.4 Å². The lowest BCUT2D eigenvalue weighted by Gasteiger charge is -2.33. The van der Waals surface area contributed by atoms with Gasteiger partial charge in [-0.05, 0) is 58.8 Å². The molecule has 1 unspecified atom stereocenters. The standard InChI is InChI=1S/C22H39N5/c1-5-14-27-15-12-20(13-16-27)25-22(23-6-2)24-18-21(26(3)4)17-19-10-8-7-9-11-19/h7-11,20-21H,5-6,12-18H2,1-4H3,(H2,23,24,25). The Morgan fingerprint density at radius 2 is 1.89 bits per heavy atom. The van der Waals surface area contributed by atoms with E-state index in [2.05, 4.69) is 78.7 Å². The van der Waals surface area contributed by atoms with Crippen LogP contribution in [0.3, 0.4) is 0 Å². The van der Waals surface area contributed by atoms with Crippen molar-refractivity contribution >= 4 is 5.96 Å². The molecule has 5 heteroatoms. The first-order valence-electron chi connectivity index (χ1n) is 10.6. The van der Waals surface area contributed by atoms with Crippen LogP contribution in [0.25, 0.3) is 0 Å². The number of guanidine groups is 1. The van der Waals surface area contributed by atoms with E-state index >= 15 is 0 Å². The van der Waals surface area contributed by atoms with Crippen LogP contribution in [0.2, 0.25) is 0 Å². The number of nitrogens with one attached hydrogen (secondary N) is 2. The highest BCUT2D eigenvalue weighted by Gasteiger charge is 2.19. The first-order chi connectivity index (χ1) is 13.1. The van der Waals surface area contributed by atoms with Crippen LogP contribution in [0.15, 0.2) is 35.3 Å². The molecule has 0 saturated carbocycles. The molecule has 1 heterocycles. The number of rotatable bonds is 9. The summed E-state index contributed by atoms with van der Waals surface area (Å²) < 4.78 is 0. The van der Waals surface area contributed by atoms with Crippen molar-refractivity contribution in [3.63, 3.8) is 0 Å². The molecule has 5 nitrogen and oxygen atoms in total. The van der Waals surface area contributed by atoms with Gasteiger partial charge in [0.2, 0.25) is 0 Å². The maximum Gasteiger partial charge on any atom is 0.191 e. The third-order valence-electron chi connectivity index (χ3n) is 5.32. The number of benzene rings is 1. The van der Waals surface area contributed by atoms with Gasteiger partial charge in [0.1, 0.15) is 0 Å². The van der Waals surface area contributed by atoms with Crippen molar-refractivity contribution in [2.75, 3.05) is 46.8 Å². The molecular formula is C22H39N5. The maximum atomic E-state index is 4.92. The van der Waals surface area contributed by atoms with E-state index in [1.165, 1.54) is 44.5 Å². The van der Waals surface area contributed by atoms with Crippen LogP contribution < -0.4 is 10.6 Å². The Hall–Kier alpha value is -1.59. The van der Waals surface area contributed by atoms with Crippen LogP contribution in [-0.2, 0) is 6.42 Å². The number of hydrogen-bond acceptors (Lipinski definition) is 3. The molecule has 1 aromatic carbocycles. The molecule has 1 fully saturated rings. The van der Waals surface area contributed by atoms with Crippen LogP contribution >= 0.6 is 0 Å². The number of piperidine rings is 1. The topological polar surface area (TPSA) is 42.9 Å². The Morgan fingerprint density at radius 3 is 2.48 bits per heavy atom. The van der Waals surface area contributed by atoms with Crippen molar-refractivity contribution in [3.8, 4) is 0 Å². The first-order valence-corrected chi connectivity index (χ1v) is 10.6. The second-order valence-electron chi connectivity index (χ2n) is 7.79. The third-order valence-corrected chi connectivity index (χ3v) is 5.32. The monoisotopic (exact) mass is 373 g/mol. The zero-order valence-electron chi connectivity index (χ0n) is 17.7. The summed E-state index contributed by atoms with van der Waals surface area (Å²) in [6.07, 6.45) is 4.67. The van der Waals surface area contributed by atoms with E-state index in [1.807, 2.05) is 0 Å². The first kappa shape index (κ1) is 21.7. The number of nitrogens with zero attached hydrogens (tertiary/aromatic N) is 3. The fraction of sp³-hybridized carbons (Fsp3) is 0.682. The molecule has 27 heavy (non-hydrogen) atoms. The molecule has 0 bridgehead atoms. The molecule has 0 amide bonds. The molecule has 1 aromatic rings. The minimum atomic E-state index is 0.397. The lowest BCUT2D eigenvalue weighted by Crippen LogP contribution is -2.49.